The number of nitrogens with two attached hydrogens (primary N) is 1. The molecule has 0 atom stereocenters. The van der Waals surface area contributed by atoms with Gasteiger partial charge in [-0.25, -0.2) is 9.97 Å². The minimum atomic E-state index is -4.58. The van der Waals surface area contributed by atoms with E-state index < -0.39 is 17.6 Å². The standard InChI is InChI=1S/C35H38F3N7O2/c1-22-3-12-29(34(47)42-26-7-6-24(30(18-26)35(36,37)38)19-44-15-13-43(2)14-16-44)23(17-22)4-5-25-20-45(27-8-10-28(46)11-9-27)33-31(25)32(39)40-21-41-33/h3,6-7,12,17-18,20-21,27-28,46H,8-11,13-16,19H2,1-2H3,(H,42,47)(H2,39,40,41). The van der Waals surface area contributed by atoms with Crippen LogP contribution in [-0.4, -0.2) is 74.7 Å². The number of rotatable bonds is 5. The molecule has 246 valence electrons. The Morgan fingerprint density at radius 3 is 2.47 bits per heavy atom. The van der Waals surface area contributed by atoms with Crippen molar-refractivity contribution in [3.8, 4) is 11.8 Å². The van der Waals surface area contributed by atoms with Crippen LogP contribution in [0.4, 0.5) is 24.7 Å². The number of nitrogens with one attached hydrogen (secondary N) is 1. The van der Waals surface area contributed by atoms with Crippen LogP contribution < -0.4 is 11.1 Å². The third-order valence-corrected chi connectivity index (χ3v) is 9.11. The Morgan fingerprint density at radius 1 is 1.02 bits per heavy atom. The van der Waals surface area contributed by atoms with E-state index in [0.717, 1.165) is 37.6 Å². The molecular weight excluding hydrogens is 607 g/mol. The van der Waals surface area contributed by atoms with Gasteiger partial charge in [0.1, 0.15) is 17.8 Å². The number of aryl methyl sites for hydroxylation is 1. The average molecular weight is 646 g/mol. The summed E-state index contributed by atoms with van der Waals surface area (Å²) in [5.41, 5.74) is 8.50. The van der Waals surface area contributed by atoms with Gasteiger partial charge in [-0.05, 0) is 75.0 Å². The van der Waals surface area contributed by atoms with Crippen LogP contribution in [0.5, 0.6) is 0 Å². The highest BCUT2D eigenvalue weighted by Crippen LogP contribution is 2.36. The van der Waals surface area contributed by atoms with Gasteiger partial charge in [-0.15, -0.1) is 0 Å². The first-order valence-corrected chi connectivity index (χ1v) is 15.8. The van der Waals surface area contributed by atoms with Crippen molar-refractivity contribution in [1.29, 1.82) is 0 Å². The summed E-state index contributed by atoms with van der Waals surface area (Å²) in [7, 11) is 2.00. The van der Waals surface area contributed by atoms with Gasteiger partial charge in [0.05, 0.1) is 28.2 Å². The highest BCUT2D eigenvalue weighted by Gasteiger charge is 2.34. The number of aromatic nitrogens is 3. The molecule has 1 aliphatic heterocycles. The third-order valence-electron chi connectivity index (χ3n) is 9.11. The lowest BCUT2D eigenvalue weighted by Gasteiger charge is -2.33. The van der Waals surface area contributed by atoms with Gasteiger partial charge in [-0.2, -0.15) is 13.2 Å². The SMILES string of the molecule is Cc1ccc(C(=O)Nc2ccc(CN3CCN(C)CC3)c(C(F)(F)F)c2)c(C#Cc2cn(C3CCC(O)CC3)c3ncnc(N)c23)c1. The van der Waals surface area contributed by atoms with Crippen molar-refractivity contribution in [2.75, 3.05) is 44.3 Å². The number of anilines is 2. The molecular formula is C35H38F3N7O2. The van der Waals surface area contributed by atoms with E-state index in [-0.39, 0.29) is 41.3 Å². The second kappa shape index (κ2) is 13.4. The third kappa shape index (κ3) is 7.27. The number of alkyl halides is 3. The van der Waals surface area contributed by atoms with E-state index >= 15 is 0 Å². The normalized spacial score (nSPS) is 19.4. The number of hydrogen-bond donors (Lipinski definition) is 3. The summed E-state index contributed by atoms with van der Waals surface area (Å²) in [6.07, 6.45) is 1.38. The van der Waals surface area contributed by atoms with E-state index in [1.807, 2.05) is 29.6 Å². The maximum atomic E-state index is 14.2. The Kier molecular flexibility index (Phi) is 9.23. The first-order chi connectivity index (χ1) is 22.5. The first kappa shape index (κ1) is 32.5. The summed E-state index contributed by atoms with van der Waals surface area (Å²) in [6, 6.07) is 9.24. The van der Waals surface area contributed by atoms with Gasteiger partial charge < -0.3 is 25.6 Å². The lowest BCUT2D eigenvalue weighted by Crippen LogP contribution is -2.44. The van der Waals surface area contributed by atoms with Crippen LogP contribution in [0, 0.1) is 18.8 Å². The van der Waals surface area contributed by atoms with E-state index in [9.17, 15) is 23.1 Å². The maximum Gasteiger partial charge on any atom is 0.416 e. The number of likely N-dealkylation sites (N-methyl/N-ethyl adjacent to an activating group) is 1. The number of fused-ring (bicyclic) bond motifs is 1. The van der Waals surface area contributed by atoms with Crippen LogP contribution in [0.2, 0.25) is 0 Å². The van der Waals surface area contributed by atoms with Crippen LogP contribution in [0.1, 0.15) is 69.9 Å². The largest absolute Gasteiger partial charge is 0.416 e. The molecule has 2 aromatic carbocycles. The predicted molar refractivity (Wildman–Crippen MR) is 175 cm³/mol. The maximum absolute atomic E-state index is 14.2. The predicted octanol–water partition coefficient (Wildman–Crippen LogP) is 5.22. The second-order valence-corrected chi connectivity index (χ2v) is 12.6. The fraction of sp³-hybridized carbons (Fsp3) is 0.400. The molecule has 0 spiro atoms. The van der Waals surface area contributed by atoms with Crippen molar-refractivity contribution >= 4 is 28.4 Å². The smallest absolute Gasteiger partial charge is 0.393 e. The van der Waals surface area contributed by atoms with Gasteiger partial charge in [0.2, 0.25) is 0 Å². The molecule has 47 heavy (non-hydrogen) atoms. The number of hydrogen-bond acceptors (Lipinski definition) is 7. The molecule has 9 nitrogen and oxygen atoms in total. The number of nitrogens with zero attached hydrogens (tertiary/aromatic N) is 5. The van der Waals surface area contributed by atoms with Crippen LogP contribution >= 0.6 is 0 Å². The summed E-state index contributed by atoms with van der Waals surface area (Å²) in [5.74, 6) is 5.99. The zero-order valence-corrected chi connectivity index (χ0v) is 26.4. The molecule has 2 aromatic heterocycles. The van der Waals surface area contributed by atoms with Gasteiger partial charge in [0, 0.05) is 56.2 Å². The highest BCUT2D eigenvalue weighted by molar-refractivity contribution is 6.06. The topological polar surface area (TPSA) is 113 Å². The van der Waals surface area contributed by atoms with Gasteiger partial charge in [0.25, 0.3) is 5.91 Å². The lowest BCUT2D eigenvalue weighted by molar-refractivity contribution is -0.138. The van der Waals surface area contributed by atoms with E-state index in [0.29, 0.717) is 48.1 Å². The van der Waals surface area contributed by atoms with Crippen molar-refractivity contribution in [3.63, 3.8) is 0 Å². The van der Waals surface area contributed by atoms with Gasteiger partial charge in [-0.3, -0.25) is 9.69 Å². The number of amides is 1. The summed E-state index contributed by atoms with van der Waals surface area (Å²) in [6.45, 7) is 5.03. The number of halogens is 3. The Labute approximate surface area is 271 Å². The average Bonchev–Trinajstić information content (AvgIpc) is 3.41. The molecule has 1 saturated carbocycles. The minimum Gasteiger partial charge on any atom is -0.393 e. The Balaban J connectivity index is 1.28. The molecule has 2 fully saturated rings. The molecule has 12 heteroatoms. The molecule has 0 bridgehead atoms. The Morgan fingerprint density at radius 2 is 1.74 bits per heavy atom. The molecule has 3 heterocycles. The molecule has 6 rings (SSSR count). The molecule has 1 saturated heterocycles. The number of carbonyl (C=O) groups is 1. The molecule has 0 radical (unpaired) electrons. The quantitative estimate of drug-likeness (QED) is 0.255. The zero-order chi connectivity index (χ0) is 33.3. The monoisotopic (exact) mass is 645 g/mol. The van der Waals surface area contributed by atoms with Crippen molar-refractivity contribution in [2.45, 2.75) is 57.5 Å². The summed E-state index contributed by atoms with van der Waals surface area (Å²) >= 11 is 0. The zero-order valence-electron chi connectivity index (χ0n) is 26.4. The van der Waals surface area contributed by atoms with E-state index in [2.05, 4.69) is 32.0 Å². The van der Waals surface area contributed by atoms with Gasteiger partial charge in [0.15, 0.2) is 0 Å². The number of nitrogen functional groups attached to an aromatic ring is 1. The lowest BCUT2D eigenvalue weighted by atomic mass is 9.93. The molecule has 1 aliphatic carbocycles. The fourth-order valence-electron chi connectivity index (χ4n) is 6.41. The van der Waals surface area contributed by atoms with Crippen molar-refractivity contribution < 1.29 is 23.1 Å². The van der Waals surface area contributed by atoms with Crippen LogP contribution in [-0.2, 0) is 12.7 Å². The fourth-order valence-corrected chi connectivity index (χ4v) is 6.41. The molecule has 4 N–H and O–H groups in total. The summed E-state index contributed by atoms with van der Waals surface area (Å²) in [4.78, 5) is 26.3. The van der Waals surface area contributed by atoms with Crippen LogP contribution in [0.15, 0.2) is 48.9 Å². The van der Waals surface area contributed by atoms with Crippen molar-refractivity contribution in [1.82, 2.24) is 24.3 Å². The first-order valence-electron chi connectivity index (χ1n) is 15.8. The Hall–Kier alpha value is -4.44. The molecule has 1 amide bonds. The van der Waals surface area contributed by atoms with Crippen LogP contribution in [0.25, 0.3) is 11.0 Å². The van der Waals surface area contributed by atoms with E-state index in [1.54, 1.807) is 18.2 Å². The van der Waals surface area contributed by atoms with E-state index in [4.69, 9.17) is 5.73 Å². The van der Waals surface area contributed by atoms with Crippen molar-refractivity contribution in [3.05, 3.63) is 82.3 Å². The number of carbonyl (C=O) groups excluding carboxylic acids is 1. The number of piperazine rings is 1. The molecule has 4 aromatic rings. The number of benzene rings is 2. The Bertz CT molecular complexity index is 1840. The summed E-state index contributed by atoms with van der Waals surface area (Å²) < 4.78 is 44.5. The number of aliphatic hydroxyl groups excluding tert-OH is 1. The van der Waals surface area contributed by atoms with Gasteiger partial charge >= 0.3 is 6.18 Å². The summed E-state index contributed by atoms with van der Waals surface area (Å²) in [5, 5.41) is 13.3. The van der Waals surface area contributed by atoms with Crippen LogP contribution in [0.3, 0.4) is 0 Å². The molecule has 2 aliphatic rings. The molecule has 0 unspecified atom stereocenters. The van der Waals surface area contributed by atoms with Crippen molar-refractivity contribution in [2.24, 2.45) is 0 Å². The minimum absolute atomic E-state index is 0.0505. The second-order valence-electron chi connectivity index (χ2n) is 12.6. The van der Waals surface area contributed by atoms with Gasteiger partial charge in [-0.1, -0.05) is 24.0 Å². The van der Waals surface area contributed by atoms with E-state index in [1.165, 1.54) is 18.5 Å². The number of aliphatic hydroxyl groups is 1. The highest BCUT2D eigenvalue weighted by atomic mass is 19.4.